The smallest absolute Gasteiger partial charge is 0.317 e. The minimum atomic E-state index is -0.109. The Hall–Kier alpha value is -2.24. The van der Waals surface area contributed by atoms with E-state index < -0.39 is 0 Å². The van der Waals surface area contributed by atoms with Crippen LogP contribution in [0.1, 0.15) is 11.1 Å². The van der Waals surface area contributed by atoms with Crippen LogP contribution in [-0.2, 0) is 17.8 Å². The molecule has 1 saturated heterocycles. The second-order valence-corrected chi connectivity index (χ2v) is 6.85. The van der Waals surface area contributed by atoms with Gasteiger partial charge in [0.15, 0.2) is 0 Å². The molecule has 26 heavy (non-hydrogen) atoms. The second kappa shape index (κ2) is 8.92. The highest BCUT2D eigenvalue weighted by atomic mass is 35.5. The van der Waals surface area contributed by atoms with Crippen LogP contribution >= 0.6 is 11.6 Å². The zero-order valence-electron chi connectivity index (χ0n) is 15.0. The third-order valence-corrected chi connectivity index (χ3v) is 4.65. The van der Waals surface area contributed by atoms with Crippen LogP contribution in [0, 0.1) is 0 Å². The molecule has 2 aromatic carbocycles. The molecule has 0 saturated carbocycles. The monoisotopic (exact) mass is 373 g/mol. The number of benzene rings is 2. The van der Waals surface area contributed by atoms with Gasteiger partial charge in [-0.25, -0.2) is 4.79 Å². The lowest BCUT2D eigenvalue weighted by molar-refractivity contribution is 0.122. The van der Waals surface area contributed by atoms with E-state index in [1.807, 2.05) is 24.3 Å². The number of hydrogen-bond acceptors (Lipinski definition) is 3. The van der Waals surface area contributed by atoms with Gasteiger partial charge in [0.25, 0.3) is 0 Å². The topological polar surface area (TPSA) is 44.8 Å². The van der Waals surface area contributed by atoms with Gasteiger partial charge in [0, 0.05) is 43.9 Å². The molecule has 1 N–H and O–H groups in total. The zero-order chi connectivity index (χ0) is 18.4. The molecular weight excluding hydrogens is 350 g/mol. The van der Waals surface area contributed by atoms with Crippen LogP contribution in [0.3, 0.4) is 0 Å². The average molecular weight is 374 g/mol. The van der Waals surface area contributed by atoms with Crippen LogP contribution in [0.4, 0.5) is 10.5 Å². The number of carbonyl (C=O) groups is 1. The van der Waals surface area contributed by atoms with Gasteiger partial charge in [-0.3, -0.25) is 0 Å². The molecule has 0 radical (unpaired) electrons. The Bertz CT molecular complexity index is 730. The van der Waals surface area contributed by atoms with Gasteiger partial charge in [-0.15, -0.1) is 0 Å². The fraction of sp³-hybridized carbons (Fsp3) is 0.350. The number of rotatable bonds is 5. The Morgan fingerprint density at radius 2 is 1.88 bits per heavy atom. The molecule has 2 aromatic rings. The molecule has 0 atom stereocenters. The Labute approximate surface area is 159 Å². The highest BCUT2D eigenvalue weighted by Crippen LogP contribution is 2.17. The standard InChI is InChI=1S/C20H24ClN3O2/c1-23(15-17-3-2-4-18(21)13-17)20(25)22-14-16-5-7-19(8-6-16)24-9-11-26-12-10-24/h2-8,13H,9-12,14-15H2,1H3,(H,22,25). The van der Waals surface area contributed by atoms with Gasteiger partial charge in [-0.1, -0.05) is 35.9 Å². The summed E-state index contributed by atoms with van der Waals surface area (Å²) < 4.78 is 5.38. The number of ether oxygens (including phenoxy) is 1. The fourth-order valence-electron chi connectivity index (χ4n) is 2.94. The summed E-state index contributed by atoms with van der Waals surface area (Å²) in [7, 11) is 1.78. The molecule has 0 aliphatic carbocycles. The van der Waals surface area contributed by atoms with Crippen molar-refractivity contribution in [2.75, 3.05) is 38.3 Å². The number of anilines is 1. The van der Waals surface area contributed by atoms with Crippen LogP contribution in [0.5, 0.6) is 0 Å². The first-order valence-electron chi connectivity index (χ1n) is 8.77. The van der Waals surface area contributed by atoms with Crippen molar-refractivity contribution >= 4 is 23.3 Å². The summed E-state index contributed by atoms with van der Waals surface area (Å²) in [4.78, 5) is 16.2. The normalized spacial score (nSPS) is 14.2. The molecule has 2 amide bonds. The Morgan fingerprint density at radius 1 is 1.15 bits per heavy atom. The van der Waals surface area contributed by atoms with Crippen molar-refractivity contribution in [1.29, 1.82) is 0 Å². The van der Waals surface area contributed by atoms with Crippen LogP contribution in [0.15, 0.2) is 48.5 Å². The Balaban J connectivity index is 1.49. The quantitative estimate of drug-likeness (QED) is 0.872. The molecule has 5 nitrogen and oxygen atoms in total. The fourth-order valence-corrected chi connectivity index (χ4v) is 3.15. The Kier molecular flexibility index (Phi) is 6.36. The van der Waals surface area contributed by atoms with Gasteiger partial charge in [0.05, 0.1) is 13.2 Å². The maximum atomic E-state index is 12.3. The van der Waals surface area contributed by atoms with E-state index >= 15 is 0 Å². The summed E-state index contributed by atoms with van der Waals surface area (Å²) in [6.45, 7) is 4.41. The number of amides is 2. The zero-order valence-corrected chi connectivity index (χ0v) is 15.7. The summed E-state index contributed by atoms with van der Waals surface area (Å²) in [5.74, 6) is 0. The summed E-state index contributed by atoms with van der Waals surface area (Å²) >= 11 is 5.99. The highest BCUT2D eigenvalue weighted by Gasteiger charge is 2.12. The molecule has 1 fully saturated rings. The molecule has 0 aromatic heterocycles. The van der Waals surface area contributed by atoms with Crippen molar-refractivity contribution in [2.45, 2.75) is 13.1 Å². The molecule has 138 valence electrons. The first-order valence-corrected chi connectivity index (χ1v) is 9.14. The third-order valence-electron chi connectivity index (χ3n) is 4.41. The number of nitrogens with zero attached hydrogens (tertiary/aromatic N) is 2. The van der Waals surface area contributed by atoms with Crippen LogP contribution in [0.25, 0.3) is 0 Å². The van der Waals surface area contributed by atoms with Gasteiger partial charge >= 0.3 is 6.03 Å². The lowest BCUT2D eigenvalue weighted by Crippen LogP contribution is -2.36. The minimum absolute atomic E-state index is 0.109. The third kappa shape index (κ3) is 5.13. The van der Waals surface area contributed by atoms with Gasteiger partial charge in [-0.05, 0) is 35.4 Å². The lowest BCUT2D eigenvalue weighted by atomic mass is 10.2. The van der Waals surface area contributed by atoms with Crippen molar-refractivity contribution in [2.24, 2.45) is 0 Å². The second-order valence-electron chi connectivity index (χ2n) is 6.41. The first kappa shape index (κ1) is 18.5. The largest absolute Gasteiger partial charge is 0.378 e. The molecule has 6 heteroatoms. The van der Waals surface area contributed by atoms with Crippen molar-refractivity contribution in [3.63, 3.8) is 0 Å². The summed E-state index contributed by atoms with van der Waals surface area (Å²) in [5, 5.41) is 3.63. The predicted octanol–water partition coefficient (Wildman–Crippen LogP) is 3.52. The van der Waals surface area contributed by atoms with E-state index in [2.05, 4.69) is 34.5 Å². The lowest BCUT2D eigenvalue weighted by Gasteiger charge is -2.29. The van der Waals surface area contributed by atoms with Gasteiger partial charge in [-0.2, -0.15) is 0 Å². The number of carbonyl (C=O) groups excluding carboxylic acids is 1. The number of morpholine rings is 1. The van der Waals surface area contributed by atoms with Crippen LogP contribution in [0.2, 0.25) is 5.02 Å². The van der Waals surface area contributed by atoms with Crippen molar-refractivity contribution in [3.05, 3.63) is 64.7 Å². The summed E-state index contributed by atoms with van der Waals surface area (Å²) in [5.41, 5.74) is 3.28. The van der Waals surface area contributed by atoms with E-state index in [0.29, 0.717) is 18.1 Å². The molecule has 1 heterocycles. The Morgan fingerprint density at radius 3 is 2.58 bits per heavy atom. The van der Waals surface area contributed by atoms with Gasteiger partial charge < -0.3 is 19.9 Å². The maximum Gasteiger partial charge on any atom is 0.317 e. The van der Waals surface area contributed by atoms with E-state index in [9.17, 15) is 4.79 Å². The van der Waals surface area contributed by atoms with Crippen LogP contribution in [-0.4, -0.2) is 44.3 Å². The number of urea groups is 1. The summed E-state index contributed by atoms with van der Waals surface area (Å²) in [6.07, 6.45) is 0. The van der Waals surface area contributed by atoms with E-state index in [1.54, 1.807) is 11.9 Å². The molecule has 1 aliphatic rings. The highest BCUT2D eigenvalue weighted by molar-refractivity contribution is 6.30. The number of halogens is 1. The predicted molar refractivity (Wildman–Crippen MR) is 105 cm³/mol. The number of nitrogens with one attached hydrogen (secondary N) is 1. The minimum Gasteiger partial charge on any atom is -0.378 e. The maximum absolute atomic E-state index is 12.3. The molecule has 3 rings (SSSR count). The van der Waals surface area contributed by atoms with E-state index in [1.165, 1.54) is 5.69 Å². The van der Waals surface area contributed by atoms with Crippen molar-refractivity contribution in [3.8, 4) is 0 Å². The van der Waals surface area contributed by atoms with Crippen molar-refractivity contribution in [1.82, 2.24) is 10.2 Å². The van der Waals surface area contributed by atoms with E-state index in [-0.39, 0.29) is 6.03 Å². The van der Waals surface area contributed by atoms with Crippen molar-refractivity contribution < 1.29 is 9.53 Å². The number of hydrogen-bond donors (Lipinski definition) is 1. The molecule has 0 bridgehead atoms. The molecule has 0 spiro atoms. The molecule has 0 unspecified atom stereocenters. The van der Waals surface area contributed by atoms with E-state index in [0.717, 1.165) is 37.4 Å². The SMILES string of the molecule is CN(Cc1cccc(Cl)c1)C(=O)NCc1ccc(N2CCOCC2)cc1. The van der Waals surface area contributed by atoms with Gasteiger partial charge in [0.2, 0.25) is 0 Å². The van der Waals surface area contributed by atoms with Gasteiger partial charge in [0.1, 0.15) is 0 Å². The summed E-state index contributed by atoms with van der Waals surface area (Å²) in [6, 6.07) is 15.7. The first-order chi connectivity index (χ1) is 12.6. The molecule has 1 aliphatic heterocycles. The van der Waals surface area contributed by atoms with E-state index in [4.69, 9.17) is 16.3 Å². The molecular formula is C20H24ClN3O2. The average Bonchev–Trinajstić information content (AvgIpc) is 2.67. The van der Waals surface area contributed by atoms with Crippen LogP contribution < -0.4 is 10.2 Å².